The van der Waals surface area contributed by atoms with Crippen LogP contribution in [0.4, 0.5) is 0 Å². The van der Waals surface area contributed by atoms with E-state index in [-0.39, 0.29) is 11.6 Å². The van der Waals surface area contributed by atoms with Crippen molar-refractivity contribution in [2.45, 2.75) is 19.4 Å². The highest BCUT2D eigenvalue weighted by Crippen LogP contribution is 2.20. The van der Waals surface area contributed by atoms with Gasteiger partial charge in [-0.05, 0) is 6.92 Å². The standard InChI is InChI=1S/C16H16N4O3S/c1-10(21)16-19-18-14(24-16)7-8-17-15(22)12-9-13(23-20-12)11-5-3-2-4-6-11/h2-6,9-10,21H,7-8H2,1H3,(H,17,22)/t10-/m0/s1. The molecule has 0 saturated heterocycles. The van der Waals surface area contributed by atoms with E-state index < -0.39 is 6.10 Å². The summed E-state index contributed by atoms with van der Waals surface area (Å²) in [6, 6.07) is 11.1. The number of nitrogens with zero attached hydrogens (tertiary/aromatic N) is 3. The quantitative estimate of drug-likeness (QED) is 0.711. The van der Waals surface area contributed by atoms with Crippen LogP contribution in [0, 0.1) is 0 Å². The number of carbonyl (C=O) groups excluding carboxylic acids is 1. The van der Waals surface area contributed by atoms with Gasteiger partial charge in [0.25, 0.3) is 5.91 Å². The first-order valence-corrected chi connectivity index (χ1v) is 8.26. The third-order valence-electron chi connectivity index (χ3n) is 3.27. The number of carbonyl (C=O) groups is 1. The van der Waals surface area contributed by atoms with Gasteiger partial charge in [-0.3, -0.25) is 4.79 Å². The molecule has 3 rings (SSSR count). The number of nitrogens with one attached hydrogen (secondary N) is 1. The normalized spacial score (nSPS) is 12.1. The van der Waals surface area contributed by atoms with Gasteiger partial charge < -0.3 is 14.9 Å². The second kappa shape index (κ2) is 7.33. The Bertz CT molecular complexity index is 814. The number of aliphatic hydroxyl groups is 1. The highest BCUT2D eigenvalue weighted by Gasteiger charge is 2.14. The van der Waals surface area contributed by atoms with E-state index in [1.807, 2.05) is 30.3 Å². The summed E-state index contributed by atoms with van der Waals surface area (Å²) in [5.74, 6) is 0.243. The van der Waals surface area contributed by atoms with E-state index in [0.717, 1.165) is 10.6 Å². The van der Waals surface area contributed by atoms with E-state index in [0.29, 0.717) is 23.7 Å². The number of hydrogen-bond donors (Lipinski definition) is 2. The van der Waals surface area contributed by atoms with E-state index in [2.05, 4.69) is 20.7 Å². The van der Waals surface area contributed by atoms with Crippen molar-refractivity contribution in [3.63, 3.8) is 0 Å². The third kappa shape index (κ3) is 3.84. The summed E-state index contributed by atoms with van der Waals surface area (Å²) in [5.41, 5.74) is 1.10. The smallest absolute Gasteiger partial charge is 0.273 e. The summed E-state index contributed by atoms with van der Waals surface area (Å²) in [7, 11) is 0. The maximum Gasteiger partial charge on any atom is 0.273 e. The molecule has 3 aromatic rings. The molecule has 124 valence electrons. The molecule has 1 aromatic carbocycles. The molecule has 2 heterocycles. The van der Waals surface area contributed by atoms with Crippen molar-refractivity contribution in [1.29, 1.82) is 0 Å². The molecule has 24 heavy (non-hydrogen) atoms. The topological polar surface area (TPSA) is 101 Å². The molecule has 2 N–H and O–H groups in total. The van der Waals surface area contributed by atoms with Crippen molar-refractivity contribution in [2.75, 3.05) is 6.54 Å². The number of aromatic nitrogens is 3. The molecule has 0 aliphatic rings. The lowest BCUT2D eigenvalue weighted by Gasteiger charge is -1.99. The largest absolute Gasteiger partial charge is 0.386 e. The van der Waals surface area contributed by atoms with Crippen molar-refractivity contribution in [3.05, 3.63) is 52.1 Å². The number of hydrogen-bond acceptors (Lipinski definition) is 7. The maximum atomic E-state index is 12.1. The zero-order valence-electron chi connectivity index (χ0n) is 13.0. The molecule has 0 aliphatic heterocycles. The lowest BCUT2D eigenvalue weighted by molar-refractivity contribution is 0.0945. The molecule has 1 atom stereocenters. The summed E-state index contributed by atoms with van der Waals surface area (Å²) >= 11 is 1.33. The van der Waals surface area contributed by atoms with Gasteiger partial charge in [0.1, 0.15) is 16.1 Å². The highest BCUT2D eigenvalue weighted by molar-refractivity contribution is 7.11. The van der Waals surface area contributed by atoms with Crippen molar-refractivity contribution < 1.29 is 14.4 Å². The monoisotopic (exact) mass is 344 g/mol. The average Bonchev–Trinajstić information content (AvgIpc) is 3.25. The Labute approximate surface area is 142 Å². The molecule has 0 aliphatic carbocycles. The first-order chi connectivity index (χ1) is 11.6. The first-order valence-electron chi connectivity index (χ1n) is 7.44. The lowest BCUT2D eigenvalue weighted by Crippen LogP contribution is -2.25. The predicted octanol–water partition coefficient (Wildman–Crippen LogP) is 2.22. The van der Waals surface area contributed by atoms with Crippen LogP contribution in [0.15, 0.2) is 40.9 Å². The third-order valence-corrected chi connectivity index (χ3v) is 4.42. The van der Waals surface area contributed by atoms with Crippen molar-refractivity contribution >= 4 is 17.2 Å². The van der Waals surface area contributed by atoms with E-state index in [1.54, 1.807) is 13.0 Å². The Hall–Kier alpha value is -2.58. The van der Waals surface area contributed by atoms with Crippen LogP contribution in [0.5, 0.6) is 0 Å². The second-order valence-electron chi connectivity index (χ2n) is 5.16. The summed E-state index contributed by atoms with van der Waals surface area (Å²) < 4.78 is 5.21. The zero-order valence-corrected chi connectivity index (χ0v) is 13.8. The van der Waals surface area contributed by atoms with Gasteiger partial charge in [0, 0.05) is 24.6 Å². The Balaban J connectivity index is 1.54. The van der Waals surface area contributed by atoms with E-state index >= 15 is 0 Å². The Kier molecular flexibility index (Phi) is 4.97. The summed E-state index contributed by atoms with van der Waals surface area (Å²) in [6.45, 7) is 2.04. The minimum atomic E-state index is -0.627. The fraction of sp³-hybridized carbons (Fsp3) is 0.250. The van der Waals surface area contributed by atoms with Crippen molar-refractivity contribution in [1.82, 2.24) is 20.7 Å². The minimum absolute atomic E-state index is 0.232. The molecule has 1 amide bonds. The van der Waals surface area contributed by atoms with Crippen LogP contribution in [0.3, 0.4) is 0 Å². The van der Waals surface area contributed by atoms with Crippen LogP contribution in [0.1, 0.15) is 33.5 Å². The van der Waals surface area contributed by atoms with Crippen LogP contribution in [-0.4, -0.2) is 32.9 Å². The van der Waals surface area contributed by atoms with Crippen LogP contribution in [-0.2, 0) is 6.42 Å². The van der Waals surface area contributed by atoms with Crippen molar-refractivity contribution in [3.8, 4) is 11.3 Å². The molecule has 0 radical (unpaired) electrons. The maximum absolute atomic E-state index is 12.1. The SMILES string of the molecule is C[C@H](O)c1nnc(CCNC(=O)c2cc(-c3ccccc3)on2)s1. The number of aliphatic hydroxyl groups excluding tert-OH is 1. The first kappa shape index (κ1) is 16.3. The van der Waals surface area contributed by atoms with Gasteiger partial charge in [0.2, 0.25) is 0 Å². The zero-order chi connectivity index (χ0) is 16.9. The van der Waals surface area contributed by atoms with Gasteiger partial charge in [0.05, 0.1) is 0 Å². The molecule has 0 bridgehead atoms. The van der Waals surface area contributed by atoms with Gasteiger partial charge in [-0.1, -0.05) is 46.8 Å². The van der Waals surface area contributed by atoms with Gasteiger partial charge >= 0.3 is 0 Å². The van der Waals surface area contributed by atoms with E-state index in [1.165, 1.54) is 11.3 Å². The van der Waals surface area contributed by atoms with E-state index in [4.69, 9.17) is 4.52 Å². The molecule has 0 saturated carbocycles. The molecular weight excluding hydrogens is 328 g/mol. The van der Waals surface area contributed by atoms with Gasteiger partial charge in [-0.15, -0.1) is 10.2 Å². The highest BCUT2D eigenvalue weighted by atomic mass is 32.1. The summed E-state index contributed by atoms with van der Waals surface area (Å²) in [6.07, 6.45) is -0.0862. The Morgan fingerprint density at radius 2 is 2.12 bits per heavy atom. The Morgan fingerprint density at radius 3 is 2.83 bits per heavy atom. The van der Waals surface area contributed by atoms with Gasteiger partial charge in [-0.25, -0.2) is 0 Å². The predicted molar refractivity (Wildman–Crippen MR) is 88.5 cm³/mol. The second-order valence-corrected chi connectivity index (χ2v) is 6.25. The lowest BCUT2D eigenvalue weighted by atomic mass is 10.1. The molecule has 0 spiro atoms. The van der Waals surface area contributed by atoms with Crippen LogP contribution < -0.4 is 5.32 Å². The molecule has 7 nitrogen and oxygen atoms in total. The average molecular weight is 344 g/mol. The van der Waals surface area contributed by atoms with E-state index in [9.17, 15) is 9.90 Å². The molecule has 8 heteroatoms. The number of amides is 1. The van der Waals surface area contributed by atoms with Crippen LogP contribution in [0.2, 0.25) is 0 Å². The van der Waals surface area contributed by atoms with Gasteiger partial charge in [-0.2, -0.15) is 0 Å². The van der Waals surface area contributed by atoms with Gasteiger partial charge in [0.15, 0.2) is 11.5 Å². The summed E-state index contributed by atoms with van der Waals surface area (Å²) in [5, 5.41) is 25.2. The molecule has 0 fully saturated rings. The minimum Gasteiger partial charge on any atom is -0.386 e. The molecular formula is C16H16N4O3S. The molecule has 0 unspecified atom stereocenters. The van der Waals surface area contributed by atoms with Crippen LogP contribution >= 0.6 is 11.3 Å². The summed E-state index contributed by atoms with van der Waals surface area (Å²) in [4.78, 5) is 12.1. The fourth-order valence-corrected chi connectivity index (χ4v) is 2.81. The molecule has 2 aromatic heterocycles. The number of benzene rings is 1. The fourth-order valence-electron chi connectivity index (χ4n) is 2.03. The Morgan fingerprint density at radius 1 is 1.33 bits per heavy atom. The van der Waals surface area contributed by atoms with Crippen LogP contribution in [0.25, 0.3) is 11.3 Å². The number of rotatable bonds is 6. The van der Waals surface area contributed by atoms with Crippen molar-refractivity contribution in [2.24, 2.45) is 0 Å².